The Labute approximate surface area is 148 Å². The molecule has 1 aromatic heterocycles. The number of nitrogens with zero attached hydrogens (tertiary/aromatic N) is 2. The minimum absolute atomic E-state index is 0.0246. The van der Waals surface area contributed by atoms with Crippen LogP contribution in [0, 0.1) is 5.92 Å². The molecule has 25 heavy (non-hydrogen) atoms. The Hall–Kier alpha value is -2.40. The lowest BCUT2D eigenvalue weighted by atomic mass is 10.1. The molecule has 2 aliphatic rings. The Balaban J connectivity index is 1.35. The van der Waals surface area contributed by atoms with Crippen LogP contribution in [0.5, 0.6) is 0 Å². The highest BCUT2D eigenvalue weighted by molar-refractivity contribution is 5.75. The van der Waals surface area contributed by atoms with Crippen LogP contribution in [0.4, 0.5) is 4.79 Å². The Bertz CT molecular complexity index is 713. The molecule has 5 nitrogen and oxygen atoms in total. The average molecular weight is 337 g/mol. The van der Waals surface area contributed by atoms with Crippen LogP contribution in [0.3, 0.4) is 0 Å². The monoisotopic (exact) mass is 337 g/mol. The molecular weight excluding hydrogens is 314 g/mol. The van der Waals surface area contributed by atoms with E-state index in [1.54, 1.807) is 6.20 Å². The van der Waals surface area contributed by atoms with Gasteiger partial charge in [0.1, 0.15) is 0 Å². The molecule has 1 aliphatic heterocycles. The maximum Gasteiger partial charge on any atom is 0.318 e. The van der Waals surface area contributed by atoms with E-state index in [-0.39, 0.29) is 12.1 Å². The van der Waals surface area contributed by atoms with E-state index in [1.165, 1.54) is 12.8 Å². The number of carbonyl (C=O) groups excluding carboxylic acids is 1. The smallest absolute Gasteiger partial charge is 0.318 e. The van der Waals surface area contributed by atoms with Crippen LogP contribution < -0.4 is 5.32 Å². The number of rotatable bonds is 4. The quantitative estimate of drug-likeness (QED) is 0.933. The molecule has 1 aliphatic carbocycles. The molecule has 2 fully saturated rings. The van der Waals surface area contributed by atoms with Crippen molar-refractivity contribution >= 4 is 6.03 Å². The highest BCUT2D eigenvalue weighted by Crippen LogP contribution is 2.36. The van der Waals surface area contributed by atoms with Gasteiger partial charge < -0.3 is 15.0 Å². The molecule has 0 radical (unpaired) electrons. The van der Waals surface area contributed by atoms with Gasteiger partial charge in [-0.15, -0.1) is 0 Å². The Morgan fingerprint density at radius 1 is 1.20 bits per heavy atom. The Morgan fingerprint density at radius 3 is 2.76 bits per heavy atom. The number of aromatic nitrogens is 1. The van der Waals surface area contributed by atoms with E-state index in [0.717, 1.165) is 16.7 Å². The second-order valence-corrected chi connectivity index (χ2v) is 6.77. The van der Waals surface area contributed by atoms with Crippen LogP contribution in [0.25, 0.3) is 11.1 Å². The first-order valence-electron chi connectivity index (χ1n) is 8.93. The highest BCUT2D eigenvalue weighted by atomic mass is 16.5. The van der Waals surface area contributed by atoms with Crippen molar-refractivity contribution < 1.29 is 9.53 Å². The lowest BCUT2D eigenvalue weighted by Gasteiger charge is -2.35. The van der Waals surface area contributed by atoms with Crippen molar-refractivity contribution in [1.82, 2.24) is 15.2 Å². The number of urea groups is 1. The molecule has 1 saturated carbocycles. The van der Waals surface area contributed by atoms with E-state index in [0.29, 0.717) is 32.2 Å². The van der Waals surface area contributed by atoms with Crippen LogP contribution in [0.1, 0.15) is 18.4 Å². The third-order valence-electron chi connectivity index (χ3n) is 4.99. The number of carbonyl (C=O) groups is 1. The summed E-state index contributed by atoms with van der Waals surface area (Å²) in [7, 11) is 0. The van der Waals surface area contributed by atoms with Gasteiger partial charge in [-0.3, -0.25) is 4.98 Å². The van der Waals surface area contributed by atoms with E-state index < -0.39 is 0 Å². The maximum atomic E-state index is 12.6. The van der Waals surface area contributed by atoms with E-state index in [9.17, 15) is 4.79 Å². The largest absolute Gasteiger partial charge is 0.377 e. The van der Waals surface area contributed by atoms with Gasteiger partial charge in [0.25, 0.3) is 0 Å². The fraction of sp³-hybridized carbons (Fsp3) is 0.400. The first kappa shape index (κ1) is 16.1. The molecule has 2 heterocycles. The minimum atomic E-state index is 0.0246. The summed E-state index contributed by atoms with van der Waals surface area (Å²) in [6.45, 7) is 2.54. The van der Waals surface area contributed by atoms with Crippen molar-refractivity contribution in [1.29, 1.82) is 0 Å². The van der Waals surface area contributed by atoms with Crippen LogP contribution in [-0.4, -0.2) is 41.7 Å². The van der Waals surface area contributed by atoms with E-state index in [2.05, 4.69) is 34.6 Å². The first-order valence-corrected chi connectivity index (χ1v) is 8.93. The van der Waals surface area contributed by atoms with Crippen molar-refractivity contribution in [2.24, 2.45) is 5.92 Å². The molecule has 1 aromatic carbocycles. The predicted molar refractivity (Wildman–Crippen MR) is 95.9 cm³/mol. The topological polar surface area (TPSA) is 54.5 Å². The number of benzene rings is 1. The summed E-state index contributed by atoms with van der Waals surface area (Å²) in [6.07, 6.45) is 6.06. The zero-order chi connectivity index (χ0) is 17.1. The second kappa shape index (κ2) is 7.23. The minimum Gasteiger partial charge on any atom is -0.377 e. The summed E-state index contributed by atoms with van der Waals surface area (Å²) in [6, 6.07) is 12.5. The van der Waals surface area contributed by atoms with Gasteiger partial charge in [-0.1, -0.05) is 30.3 Å². The molecule has 0 unspecified atom stereocenters. The molecule has 2 aromatic rings. The number of pyridine rings is 1. The van der Waals surface area contributed by atoms with Crippen LogP contribution in [0.15, 0.2) is 48.8 Å². The zero-order valence-electron chi connectivity index (χ0n) is 14.2. The summed E-state index contributed by atoms with van der Waals surface area (Å²) in [5.74, 6) is 0.629. The molecule has 2 amide bonds. The number of amides is 2. The zero-order valence-corrected chi connectivity index (χ0v) is 14.2. The standard InChI is InChI=1S/C20H23N3O2/c24-20(23-10-11-25-14-19(23)17-7-8-17)22-12-15-3-5-16(6-4-15)18-2-1-9-21-13-18/h1-6,9,13,17,19H,7-8,10-12,14H2,(H,22,24)/t19-/m1/s1. The molecule has 0 bridgehead atoms. The lowest BCUT2D eigenvalue weighted by Crippen LogP contribution is -2.53. The molecule has 0 spiro atoms. The van der Waals surface area contributed by atoms with E-state index in [1.807, 2.05) is 23.2 Å². The molecule has 4 rings (SSSR count). The normalized spacial score (nSPS) is 20.3. The molecular formula is C20H23N3O2. The molecule has 1 saturated heterocycles. The van der Waals surface area contributed by atoms with Crippen molar-refractivity contribution in [3.8, 4) is 11.1 Å². The first-order chi connectivity index (χ1) is 12.3. The third kappa shape index (κ3) is 3.82. The number of hydrogen-bond donors (Lipinski definition) is 1. The summed E-state index contributed by atoms with van der Waals surface area (Å²) in [5, 5.41) is 3.06. The van der Waals surface area contributed by atoms with Crippen molar-refractivity contribution in [3.05, 3.63) is 54.4 Å². The number of morpholine rings is 1. The van der Waals surface area contributed by atoms with Crippen LogP contribution in [0.2, 0.25) is 0 Å². The third-order valence-corrected chi connectivity index (χ3v) is 4.99. The summed E-state index contributed by atoms with van der Waals surface area (Å²) in [5.41, 5.74) is 3.32. The van der Waals surface area contributed by atoms with Crippen molar-refractivity contribution in [3.63, 3.8) is 0 Å². The summed E-state index contributed by atoms with van der Waals surface area (Å²) >= 11 is 0. The van der Waals surface area contributed by atoms with Gasteiger partial charge in [-0.2, -0.15) is 0 Å². The summed E-state index contributed by atoms with van der Waals surface area (Å²) < 4.78 is 5.56. The number of ether oxygens (including phenoxy) is 1. The van der Waals surface area contributed by atoms with Gasteiger partial charge in [-0.25, -0.2) is 4.79 Å². The Morgan fingerprint density at radius 2 is 2.04 bits per heavy atom. The van der Waals surface area contributed by atoms with Gasteiger partial charge in [0, 0.05) is 25.5 Å². The van der Waals surface area contributed by atoms with E-state index >= 15 is 0 Å². The average Bonchev–Trinajstić information content (AvgIpc) is 3.52. The predicted octanol–water partition coefficient (Wildman–Crippen LogP) is 3.07. The molecule has 5 heteroatoms. The van der Waals surface area contributed by atoms with Gasteiger partial charge in [0.15, 0.2) is 0 Å². The Kier molecular flexibility index (Phi) is 4.65. The SMILES string of the molecule is O=C(NCc1ccc(-c2cccnc2)cc1)N1CCOC[C@@H]1C1CC1. The lowest BCUT2D eigenvalue weighted by molar-refractivity contribution is 0.00463. The van der Waals surface area contributed by atoms with Gasteiger partial charge in [-0.05, 0) is 41.5 Å². The summed E-state index contributed by atoms with van der Waals surface area (Å²) in [4.78, 5) is 18.7. The van der Waals surface area contributed by atoms with Gasteiger partial charge in [0.2, 0.25) is 0 Å². The second-order valence-electron chi connectivity index (χ2n) is 6.77. The maximum absolute atomic E-state index is 12.6. The molecule has 1 atom stereocenters. The van der Waals surface area contributed by atoms with E-state index in [4.69, 9.17) is 4.74 Å². The number of hydrogen-bond acceptors (Lipinski definition) is 3. The highest BCUT2D eigenvalue weighted by Gasteiger charge is 2.39. The van der Waals surface area contributed by atoms with Gasteiger partial charge >= 0.3 is 6.03 Å². The fourth-order valence-corrected chi connectivity index (χ4v) is 3.37. The van der Waals surface area contributed by atoms with Crippen LogP contribution >= 0.6 is 0 Å². The number of nitrogens with one attached hydrogen (secondary N) is 1. The fourth-order valence-electron chi connectivity index (χ4n) is 3.37. The van der Waals surface area contributed by atoms with Crippen molar-refractivity contribution in [2.45, 2.75) is 25.4 Å². The molecule has 1 N–H and O–H groups in total. The van der Waals surface area contributed by atoms with Gasteiger partial charge in [0.05, 0.1) is 19.3 Å². The van der Waals surface area contributed by atoms with Crippen LogP contribution in [-0.2, 0) is 11.3 Å². The molecule has 130 valence electrons. The van der Waals surface area contributed by atoms with Crippen molar-refractivity contribution in [2.75, 3.05) is 19.8 Å².